The Morgan fingerprint density at radius 3 is 1.67 bits per heavy atom. The second-order valence-electron chi connectivity index (χ2n) is 6.52. The molecule has 3 rings (SSSR count). The molecule has 0 aromatic heterocycles. The first kappa shape index (κ1) is 25.1. The van der Waals surface area contributed by atoms with Crippen LogP contribution in [0.3, 0.4) is 0 Å². The first-order chi connectivity index (χ1) is 16.0. The molecule has 0 unspecified atom stereocenters. The summed E-state index contributed by atoms with van der Waals surface area (Å²) in [6, 6.07) is 15.8. The molecule has 8 nitrogen and oxygen atoms in total. The Morgan fingerprint density at radius 2 is 1.15 bits per heavy atom. The van der Waals surface area contributed by atoms with Crippen LogP contribution < -0.4 is 23.7 Å². The van der Waals surface area contributed by atoms with E-state index in [-0.39, 0.29) is 11.3 Å². The second-order valence-corrected chi connectivity index (χ2v) is 6.52. The number of phenols is 1. The van der Waals surface area contributed by atoms with Gasteiger partial charge in [-0.15, -0.1) is 0 Å². The zero-order valence-corrected chi connectivity index (χ0v) is 18.9. The minimum atomic E-state index is -0.118. The Morgan fingerprint density at radius 1 is 0.667 bits per heavy atom. The molecule has 0 aliphatic carbocycles. The van der Waals surface area contributed by atoms with Crippen molar-refractivity contribution < 1.29 is 38.4 Å². The highest BCUT2D eigenvalue weighted by Crippen LogP contribution is 2.34. The number of benzene rings is 3. The van der Waals surface area contributed by atoms with Gasteiger partial charge in [0.1, 0.15) is 18.1 Å². The van der Waals surface area contributed by atoms with E-state index < -0.39 is 0 Å². The normalized spacial score (nSPS) is 9.70. The zero-order chi connectivity index (χ0) is 24.2. The van der Waals surface area contributed by atoms with Crippen molar-refractivity contribution in [2.45, 2.75) is 6.61 Å². The van der Waals surface area contributed by atoms with Crippen molar-refractivity contribution in [2.24, 2.45) is 0 Å². The van der Waals surface area contributed by atoms with Gasteiger partial charge in [-0.05, 0) is 17.7 Å². The topological polar surface area (TPSA) is 101 Å². The van der Waals surface area contributed by atoms with Crippen LogP contribution in [-0.4, -0.2) is 46.1 Å². The minimum absolute atomic E-state index is 0.118. The van der Waals surface area contributed by atoms with Crippen LogP contribution in [0.5, 0.6) is 34.5 Å². The van der Waals surface area contributed by atoms with Crippen LogP contribution in [0, 0.1) is 0 Å². The molecule has 3 aromatic rings. The summed E-state index contributed by atoms with van der Waals surface area (Å²) in [5, 5.41) is 9.28. The predicted octanol–water partition coefficient (Wildman–Crippen LogP) is 4.32. The fraction of sp³-hybridized carbons (Fsp3) is 0.200. The molecule has 3 aromatic carbocycles. The van der Waals surface area contributed by atoms with Crippen LogP contribution in [0.15, 0.2) is 54.6 Å². The molecular formula is C25H26O8. The smallest absolute Gasteiger partial charge is 0.164 e. The fourth-order valence-corrected chi connectivity index (χ4v) is 2.81. The van der Waals surface area contributed by atoms with Crippen molar-refractivity contribution >= 4 is 12.6 Å². The first-order valence-corrected chi connectivity index (χ1v) is 9.79. The molecular weight excluding hydrogens is 428 g/mol. The number of rotatable bonds is 9. The van der Waals surface area contributed by atoms with Crippen molar-refractivity contribution in [2.75, 3.05) is 28.4 Å². The lowest BCUT2D eigenvalue weighted by Gasteiger charge is -2.13. The van der Waals surface area contributed by atoms with E-state index in [2.05, 4.69) is 0 Å². The van der Waals surface area contributed by atoms with Crippen LogP contribution in [0.2, 0.25) is 0 Å². The Bertz CT molecular complexity index is 1060. The average molecular weight is 454 g/mol. The molecule has 174 valence electrons. The Kier molecular flexibility index (Phi) is 9.57. The lowest BCUT2D eigenvalue weighted by molar-refractivity contribution is 0.111. The molecule has 0 bridgehead atoms. The zero-order valence-electron chi connectivity index (χ0n) is 18.9. The van der Waals surface area contributed by atoms with Gasteiger partial charge in [0.25, 0.3) is 0 Å². The number of phenolic OH excluding ortho intramolecular Hbond substituents is 1. The van der Waals surface area contributed by atoms with Crippen LogP contribution in [0.1, 0.15) is 26.3 Å². The van der Waals surface area contributed by atoms with E-state index in [9.17, 15) is 14.7 Å². The van der Waals surface area contributed by atoms with Crippen molar-refractivity contribution in [1.29, 1.82) is 0 Å². The highest BCUT2D eigenvalue weighted by atomic mass is 16.5. The second kappa shape index (κ2) is 12.6. The molecule has 0 heterocycles. The first-order valence-electron chi connectivity index (χ1n) is 9.79. The molecule has 0 amide bonds. The quantitative estimate of drug-likeness (QED) is 0.477. The average Bonchev–Trinajstić information content (AvgIpc) is 2.87. The number of ether oxygens (including phenoxy) is 5. The Balaban J connectivity index is 0.000000257. The summed E-state index contributed by atoms with van der Waals surface area (Å²) in [6.07, 6.45) is 1.29. The highest BCUT2D eigenvalue weighted by Gasteiger charge is 2.12. The van der Waals surface area contributed by atoms with E-state index in [4.69, 9.17) is 23.7 Å². The van der Waals surface area contributed by atoms with Gasteiger partial charge in [-0.3, -0.25) is 9.59 Å². The van der Waals surface area contributed by atoms with E-state index >= 15 is 0 Å². The third kappa shape index (κ3) is 6.64. The number of carbonyl (C=O) groups is 2. The number of carbonyl (C=O) groups excluding carboxylic acids is 2. The monoisotopic (exact) mass is 454 g/mol. The summed E-state index contributed by atoms with van der Waals surface area (Å²) in [6.45, 7) is 0.386. The molecule has 1 N–H and O–H groups in total. The minimum Gasteiger partial charge on any atom is -0.507 e. The van der Waals surface area contributed by atoms with Gasteiger partial charge in [-0.25, -0.2) is 0 Å². The SMILES string of the molecule is COc1cc(C=O)c(OCc2ccccc2)cc1OC.COc1cc(O)c(C=O)cc1OC. The van der Waals surface area contributed by atoms with Gasteiger partial charge < -0.3 is 28.8 Å². The maximum absolute atomic E-state index is 11.1. The van der Waals surface area contributed by atoms with Crippen molar-refractivity contribution in [3.05, 3.63) is 71.3 Å². The van der Waals surface area contributed by atoms with Gasteiger partial charge in [0.15, 0.2) is 35.6 Å². The van der Waals surface area contributed by atoms with E-state index in [1.807, 2.05) is 30.3 Å². The van der Waals surface area contributed by atoms with Gasteiger partial charge in [0.05, 0.1) is 39.6 Å². The number of methoxy groups -OCH3 is 4. The van der Waals surface area contributed by atoms with E-state index in [0.29, 0.717) is 47.2 Å². The third-order valence-electron chi connectivity index (χ3n) is 4.54. The van der Waals surface area contributed by atoms with Gasteiger partial charge in [0.2, 0.25) is 0 Å². The Labute approximate surface area is 192 Å². The van der Waals surface area contributed by atoms with Crippen molar-refractivity contribution in [3.8, 4) is 34.5 Å². The summed E-state index contributed by atoms with van der Waals surface area (Å²) in [4.78, 5) is 21.6. The van der Waals surface area contributed by atoms with Crippen molar-refractivity contribution in [3.63, 3.8) is 0 Å². The third-order valence-corrected chi connectivity index (χ3v) is 4.54. The van der Waals surface area contributed by atoms with Gasteiger partial charge in [-0.2, -0.15) is 0 Å². The Hall–Kier alpha value is -4.20. The molecule has 0 atom stereocenters. The molecule has 33 heavy (non-hydrogen) atoms. The standard InChI is InChI=1S/C16H16O4.C9H10O4/c1-18-15-8-13(10-17)14(9-16(15)19-2)20-11-12-6-4-3-5-7-12;1-12-8-3-6(5-10)7(11)4-9(8)13-2/h3-10H,11H2,1-2H3;3-5,11H,1-2H3. The molecule has 0 saturated carbocycles. The van der Waals surface area contributed by atoms with E-state index in [1.54, 1.807) is 19.2 Å². The fourth-order valence-electron chi connectivity index (χ4n) is 2.81. The number of hydrogen-bond donors (Lipinski definition) is 1. The van der Waals surface area contributed by atoms with Crippen LogP contribution in [0.4, 0.5) is 0 Å². The van der Waals surface area contributed by atoms with Crippen molar-refractivity contribution in [1.82, 2.24) is 0 Å². The lowest BCUT2D eigenvalue weighted by Crippen LogP contribution is -2.00. The molecule has 8 heteroatoms. The summed E-state index contributed by atoms with van der Waals surface area (Å²) >= 11 is 0. The maximum atomic E-state index is 11.1. The molecule has 0 saturated heterocycles. The van der Waals surface area contributed by atoms with E-state index in [0.717, 1.165) is 11.8 Å². The predicted molar refractivity (Wildman–Crippen MR) is 122 cm³/mol. The summed E-state index contributed by atoms with van der Waals surface area (Å²) in [5.41, 5.74) is 1.63. The highest BCUT2D eigenvalue weighted by molar-refractivity contribution is 5.81. The number of aldehydes is 2. The van der Waals surface area contributed by atoms with Crippen LogP contribution in [-0.2, 0) is 6.61 Å². The number of hydrogen-bond acceptors (Lipinski definition) is 8. The largest absolute Gasteiger partial charge is 0.507 e. The summed E-state index contributed by atoms with van der Waals surface area (Å²) in [7, 11) is 5.98. The van der Waals surface area contributed by atoms with Gasteiger partial charge in [-0.1, -0.05) is 30.3 Å². The summed E-state index contributed by atoms with van der Waals surface area (Å²) in [5.74, 6) is 2.20. The summed E-state index contributed by atoms with van der Waals surface area (Å²) < 4.78 is 25.9. The van der Waals surface area contributed by atoms with Gasteiger partial charge in [0, 0.05) is 12.1 Å². The van der Waals surface area contributed by atoms with Crippen LogP contribution >= 0.6 is 0 Å². The molecule has 0 spiro atoms. The lowest BCUT2D eigenvalue weighted by atomic mass is 10.2. The maximum Gasteiger partial charge on any atom is 0.164 e. The van der Waals surface area contributed by atoms with Crippen LogP contribution in [0.25, 0.3) is 0 Å². The number of aromatic hydroxyl groups is 1. The molecule has 0 aliphatic heterocycles. The molecule has 0 aliphatic rings. The molecule has 0 radical (unpaired) electrons. The molecule has 0 fully saturated rings. The van der Waals surface area contributed by atoms with Gasteiger partial charge >= 0.3 is 0 Å². The van der Waals surface area contributed by atoms with E-state index in [1.165, 1.54) is 33.5 Å².